The summed E-state index contributed by atoms with van der Waals surface area (Å²) in [5, 5.41) is 3.12. The van der Waals surface area contributed by atoms with Crippen molar-refractivity contribution in [2.45, 2.75) is 6.10 Å². The van der Waals surface area contributed by atoms with E-state index in [-0.39, 0.29) is 6.10 Å². The first kappa shape index (κ1) is 7.36. The van der Waals surface area contributed by atoms with E-state index in [0.717, 1.165) is 13.1 Å². The van der Waals surface area contributed by atoms with Crippen LogP contribution in [0.5, 0.6) is 5.88 Å². The number of nitrogens with zero attached hydrogens (tertiary/aromatic N) is 1. The van der Waals surface area contributed by atoms with Crippen LogP contribution in [-0.4, -0.2) is 24.2 Å². The van der Waals surface area contributed by atoms with Crippen molar-refractivity contribution in [3.05, 3.63) is 18.3 Å². The lowest BCUT2D eigenvalue weighted by molar-refractivity contribution is 0.136. The SMILES string of the molecule is Nc1ccc(OC2CNC2)nc1. The maximum Gasteiger partial charge on any atom is 0.213 e. The molecule has 4 heteroatoms. The Morgan fingerprint density at radius 1 is 1.50 bits per heavy atom. The zero-order valence-corrected chi connectivity index (χ0v) is 6.66. The van der Waals surface area contributed by atoms with Gasteiger partial charge < -0.3 is 15.8 Å². The molecule has 0 radical (unpaired) electrons. The molecule has 3 N–H and O–H groups in total. The van der Waals surface area contributed by atoms with E-state index in [1.807, 2.05) is 0 Å². The summed E-state index contributed by atoms with van der Waals surface area (Å²) in [4.78, 5) is 4.03. The van der Waals surface area contributed by atoms with E-state index in [2.05, 4.69) is 10.3 Å². The van der Waals surface area contributed by atoms with Crippen LogP contribution in [0.4, 0.5) is 5.69 Å². The molecule has 0 saturated carbocycles. The Morgan fingerprint density at radius 2 is 2.33 bits per heavy atom. The molecule has 1 aromatic rings. The molecule has 1 saturated heterocycles. The lowest BCUT2D eigenvalue weighted by Crippen LogP contribution is -2.50. The van der Waals surface area contributed by atoms with Crippen LogP contribution >= 0.6 is 0 Å². The molecule has 0 bridgehead atoms. The maximum absolute atomic E-state index is 5.48. The van der Waals surface area contributed by atoms with Crippen molar-refractivity contribution in [3.63, 3.8) is 0 Å². The zero-order chi connectivity index (χ0) is 8.39. The largest absolute Gasteiger partial charge is 0.472 e. The van der Waals surface area contributed by atoms with Gasteiger partial charge in [-0.1, -0.05) is 0 Å². The van der Waals surface area contributed by atoms with Crippen molar-refractivity contribution in [1.82, 2.24) is 10.3 Å². The Hall–Kier alpha value is -1.29. The van der Waals surface area contributed by atoms with E-state index in [1.165, 1.54) is 0 Å². The molecule has 0 amide bonds. The van der Waals surface area contributed by atoms with E-state index in [1.54, 1.807) is 18.3 Å². The third-order valence-corrected chi connectivity index (χ3v) is 1.79. The van der Waals surface area contributed by atoms with Crippen LogP contribution in [0.25, 0.3) is 0 Å². The lowest BCUT2D eigenvalue weighted by Gasteiger charge is -2.27. The van der Waals surface area contributed by atoms with Crippen LogP contribution in [0.1, 0.15) is 0 Å². The van der Waals surface area contributed by atoms with Gasteiger partial charge in [-0.3, -0.25) is 0 Å². The molecule has 12 heavy (non-hydrogen) atoms. The molecule has 64 valence electrons. The minimum atomic E-state index is 0.279. The lowest BCUT2D eigenvalue weighted by atomic mass is 10.2. The zero-order valence-electron chi connectivity index (χ0n) is 6.66. The summed E-state index contributed by atoms with van der Waals surface area (Å²) >= 11 is 0. The van der Waals surface area contributed by atoms with Gasteiger partial charge in [0.15, 0.2) is 0 Å². The quantitative estimate of drug-likeness (QED) is 0.648. The molecule has 2 heterocycles. The number of hydrogen-bond acceptors (Lipinski definition) is 4. The second-order valence-electron chi connectivity index (χ2n) is 2.83. The molecule has 1 aliphatic rings. The monoisotopic (exact) mass is 165 g/mol. The van der Waals surface area contributed by atoms with Crippen LogP contribution in [0.2, 0.25) is 0 Å². The Kier molecular flexibility index (Phi) is 1.83. The third-order valence-electron chi connectivity index (χ3n) is 1.79. The van der Waals surface area contributed by atoms with Gasteiger partial charge in [0.25, 0.3) is 0 Å². The fourth-order valence-corrected chi connectivity index (χ4v) is 0.978. The highest BCUT2D eigenvalue weighted by Crippen LogP contribution is 2.11. The average molecular weight is 165 g/mol. The summed E-state index contributed by atoms with van der Waals surface area (Å²) < 4.78 is 5.48. The second kappa shape index (κ2) is 2.98. The van der Waals surface area contributed by atoms with Gasteiger partial charge in [0.1, 0.15) is 6.10 Å². The third kappa shape index (κ3) is 1.48. The fraction of sp³-hybridized carbons (Fsp3) is 0.375. The molecule has 0 aromatic carbocycles. The predicted molar refractivity (Wildman–Crippen MR) is 45.9 cm³/mol. The highest BCUT2D eigenvalue weighted by Gasteiger charge is 2.18. The van der Waals surface area contributed by atoms with Gasteiger partial charge in [0, 0.05) is 19.2 Å². The van der Waals surface area contributed by atoms with Crippen molar-refractivity contribution >= 4 is 5.69 Å². The average Bonchev–Trinajstić information content (AvgIpc) is 2.00. The van der Waals surface area contributed by atoms with E-state index >= 15 is 0 Å². The van der Waals surface area contributed by atoms with Gasteiger partial charge in [-0.05, 0) is 6.07 Å². The highest BCUT2D eigenvalue weighted by molar-refractivity contribution is 5.36. The molecule has 0 unspecified atom stereocenters. The van der Waals surface area contributed by atoms with Crippen molar-refractivity contribution < 1.29 is 4.74 Å². The number of pyridine rings is 1. The molecular weight excluding hydrogens is 154 g/mol. The topological polar surface area (TPSA) is 60.2 Å². The van der Waals surface area contributed by atoms with Crippen LogP contribution in [-0.2, 0) is 0 Å². The van der Waals surface area contributed by atoms with Crippen LogP contribution < -0.4 is 15.8 Å². The molecule has 2 rings (SSSR count). The first-order chi connectivity index (χ1) is 5.84. The summed E-state index contributed by atoms with van der Waals surface area (Å²) in [7, 11) is 0. The number of rotatable bonds is 2. The normalized spacial score (nSPS) is 17.0. The number of nitrogens with one attached hydrogen (secondary N) is 1. The molecule has 0 spiro atoms. The number of anilines is 1. The summed E-state index contributed by atoms with van der Waals surface area (Å²) in [5.41, 5.74) is 6.13. The number of hydrogen-bond donors (Lipinski definition) is 2. The van der Waals surface area contributed by atoms with Crippen LogP contribution in [0.3, 0.4) is 0 Å². The molecule has 1 aliphatic heterocycles. The molecular formula is C8H11N3O. The van der Waals surface area contributed by atoms with Gasteiger partial charge in [-0.15, -0.1) is 0 Å². The van der Waals surface area contributed by atoms with Gasteiger partial charge in [0.05, 0.1) is 11.9 Å². The number of nitrogens with two attached hydrogens (primary N) is 1. The minimum Gasteiger partial charge on any atom is -0.472 e. The van der Waals surface area contributed by atoms with Gasteiger partial charge in [0.2, 0.25) is 5.88 Å². The van der Waals surface area contributed by atoms with Crippen LogP contribution in [0, 0.1) is 0 Å². The fourth-order valence-electron chi connectivity index (χ4n) is 0.978. The molecule has 1 fully saturated rings. The highest BCUT2D eigenvalue weighted by atomic mass is 16.5. The Balaban J connectivity index is 1.98. The Labute approximate surface area is 70.7 Å². The standard InChI is InChI=1S/C8H11N3O/c9-6-1-2-8(11-3-6)12-7-4-10-5-7/h1-3,7,10H,4-5,9H2. The number of nitrogen functional groups attached to an aromatic ring is 1. The van der Waals surface area contributed by atoms with Crippen molar-refractivity contribution in [2.75, 3.05) is 18.8 Å². The minimum absolute atomic E-state index is 0.279. The molecule has 0 atom stereocenters. The Morgan fingerprint density at radius 3 is 2.83 bits per heavy atom. The van der Waals surface area contributed by atoms with E-state index in [4.69, 9.17) is 10.5 Å². The van der Waals surface area contributed by atoms with Crippen LogP contribution in [0.15, 0.2) is 18.3 Å². The predicted octanol–water partition coefficient (Wildman–Crippen LogP) is 0.0144. The molecule has 1 aromatic heterocycles. The van der Waals surface area contributed by atoms with Crippen molar-refractivity contribution in [2.24, 2.45) is 0 Å². The van der Waals surface area contributed by atoms with Crippen molar-refractivity contribution in [3.8, 4) is 5.88 Å². The van der Waals surface area contributed by atoms with E-state index < -0.39 is 0 Å². The summed E-state index contributed by atoms with van der Waals surface area (Å²) in [6.07, 6.45) is 1.88. The first-order valence-electron chi connectivity index (χ1n) is 3.93. The van der Waals surface area contributed by atoms with E-state index in [9.17, 15) is 0 Å². The smallest absolute Gasteiger partial charge is 0.213 e. The summed E-state index contributed by atoms with van der Waals surface area (Å²) in [6.45, 7) is 1.82. The van der Waals surface area contributed by atoms with Gasteiger partial charge in [-0.2, -0.15) is 0 Å². The first-order valence-corrected chi connectivity index (χ1v) is 3.93. The number of ether oxygens (including phenoxy) is 1. The molecule has 4 nitrogen and oxygen atoms in total. The molecule has 0 aliphatic carbocycles. The van der Waals surface area contributed by atoms with Gasteiger partial charge >= 0.3 is 0 Å². The van der Waals surface area contributed by atoms with E-state index in [0.29, 0.717) is 11.6 Å². The summed E-state index contributed by atoms with van der Waals surface area (Å²) in [5.74, 6) is 0.649. The Bertz CT molecular complexity index is 256. The second-order valence-corrected chi connectivity index (χ2v) is 2.83. The maximum atomic E-state index is 5.48. The summed E-state index contributed by atoms with van der Waals surface area (Å²) in [6, 6.07) is 3.57. The number of aromatic nitrogens is 1. The van der Waals surface area contributed by atoms with Gasteiger partial charge in [-0.25, -0.2) is 4.98 Å². The van der Waals surface area contributed by atoms with Crippen molar-refractivity contribution in [1.29, 1.82) is 0 Å².